The zero-order valence-electron chi connectivity index (χ0n) is 8.79. The summed E-state index contributed by atoms with van der Waals surface area (Å²) < 4.78 is 66.3. The first kappa shape index (κ1) is 14.7. The first-order chi connectivity index (χ1) is 8.86. The Morgan fingerprint density at radius 3 is 1.84 bits per heavy atom. The number of alkyl halides is 1. The maximum absolute atomic E-state index is 13.6. The molecule has 0 aliphatic carbocycles. The summed E-state index contributed by atoms with van der Waals surface area (Å²) in [6, 6.07) is 1.46. The van der Waals surface area contributed by atoms with Crippen molar-refractivity contribution in [3.8, 4) is 0 Å². The monoisotopic (exact) mass is 376 g/mol. The molecule has 0 radical (unpaired) electrons. The van der Waals surface area contributed by atoms with E-state index in [2.05, 4.69) is 15.9 Å². The molecule has 0 nitrogen and oxygen atoms in total. The molecule has 0 aliphatic rings. The van der Waals surface area contributed by atoms with Gasteiger partial charge in [0.25, 0.3) is 0 Å². The zero-order valence-corrected chi connectivity index (χ0v) is 11.9. The van der Waals surface area contributed by atoms with Gasteiger partial charge in [0.15, 0.2) is 23.3 Å². The summed E-state index contributed by atoms with van der Waals surface area (Å²) >= 11 is 9.72. The lowest BCUT2D eigenvalue weighted by Crippen LogP contribution is -2.09. The van der Waals surface area contributed by atoms with Crippen molar-refractivity contribution in [1.82, 2.24) is 0 Å². The van der Waals surface area contributed by atoms with Crippen LogP contribution in [-0.2, 0) is 0 Å². The third kappa shape index (κ3) is 2.39. The summed E-state index contributed by atoms with van der Waals surface area (Å²) in [5.41, 5.74) is -0.958. The van der Waals surface area contributed by atoms with Crippen molar-refractivity contribution in [3.05, 3.63) is 56.0 Å². The summed E-state index contributed by atoms with van der Waals surface area (Å²) in [5.74, 6) is -9.89. The minimum absolute atomic E-state index is 0.177. The molecule has 2 aromatic rings. The topological polar surface area (TPSA) is 0 Å². The lowest BCUT2D eigenvalue weighted by Gasteiger charge is -2.13. The first-order valence-corrected chi connectivity index (χ1v) is 6.91. The predicted octanol–water partition coefficient (Wildman–Crippen LogP) is 5.58. The minimum atomic E-state index is -2.18. The average Bonchev–Trinajstić information content (AvgIpc) is 2.80. The summed E-state index contributed by atoms with van der Waals surface area (Å²) in [7, 11) is 0. The van der Waals surface area contributed by atoms with Crippen LogP contribution in [0.2, 0.25) is 5.02 Å². The van der Waals surface area contributed by atoms with Crippen molar-refractivity contribution in [2.75, 3.05) is 0 Å². The highest BCUT2D eigenvalue weighted by Crippen LogP contribution is 2.42. The predicted molar refractivity (Wildman–Crippen MR) is 66.3 cm³/mol. The second-order valence-corrected chi connectivity index (χ2v) is 5.75. The van der Waals surface area contributed by atoms with Crippen LogP contribution in [0, 0.1) is 29.1 Å². The fourth-order valence-corrected chi connectivity index (χ4v) is 3.72. The molecule has 1 heterocycles. The summed E-state index contributed by atoms with van der Waals surface area (Å²) in [5, 5.41) is 1.72. The molecular weight excluding hydrogens is 375 g/mol. The van der Waals surface area contributed by atoms with Crippen molar-refractivity contribution in [2.24, 2.45) is 0 Å². The van der Waals surface area contributed by atoms with Gasteiger partial charge >= 0.3 is 0 Å². The van der Waals surface area contributed by atoms with Crippen LogP contribution in [0.1, 0.15) is 15.3 Å². The van der Waals surface area contributed by atoms with Gasteiger partial charge in [0.1, 0.15) is 0 Å². The van der Waals surface area contributed by atoms with Gasteiger partial charge in [-0.05, 0) is 11.4 Å². The normalized spacial score (nSPS) is 12.8. The van der Waals surface area contributed by atoms with Gasteiger partial charge < -0.3 is 0 Å². The first-order valence-electron chi connectivity index (χ1n) is 4.74. The molecule has 1 aromatic carbocycles. The second kappa shape index (κ2) is 5.38. The lowest BCUT2D eigenvalue weighted by atomic mass is 10.1. The van der Waals surface area contributed by atoms with Gasteiger partial charge in [0.2, 0.25) is 5.82 Å². The molecule has 1 atom stereocenters. The summed E-state index contributed by atoms with van der Waals surface area (Å²) in [6.45, 7) is 0. The van der Waals surface area contributed by atoms with Crippen molar-refractivity contribution in [1.29, 1.82) is 0 Å². The van der Waals surface area contributed by atoms with Gasteiger partial charge in [-0.25, -0.2) is 22.0 Å². The van der Waals surface area contributed by atoms with E-state index < -0.39 is 39.5 Å². The highest BCUT2D eigenvalue weighted by Gasteiger charge is 2.31. The van der Waals surface area contributed by atoms with E-state index in [9.17, 15) is 22.0 Å². The zero-order chi connectivity index (χ0) is 14.3. The van der Waals surface area contributed by atoms with E-state index in [4.69, 9.17) is 11.6 Å². The maximum Gasteiger partial charge on any atom is 0.200 e. The van der Waals surface area contributed by atoms with Crippen LogP contribution in [-0.4, -0.2) is 0 Å². The van der Waals surface area contributed by atoms with Crippen molar-refractivity contribution < 1.29 is 22.0 Å². The molecule has 0 aliphatic heterocycles. The number of hydrogen-bond acceptors (Lipinski definition) is 1. The fourth-order valence-electron chi connectivity index (χ4n) is 1.46. The van der Waals surface area contributed by atoms with E-state index in [1.165, 1.54) is 11.4 Å². The Balaban J connectivity index is 2.67. The van der Waals surface area contributed by atoms with E-state index in [0.717, 1.165) is 11.3 Å². The van der Waals surface area contributed by atoms with Crippen LogP contribution in [0.5, 0.6) is 0 Å². The van der Waals surface area contributed by atoms with Gasteiger partial charge in [0, 0.05) is 10.4 Å². The van der Waals surface area contributed by atoms with Crippen LogP contribution in [0.3, 0.4) is 0 Å². The molecule has 102 valence electrons. The Hall–Kier alpha value is -0.660. The maximum atomic E-state index is 13.6. The molecule has 0 amide bonds. The number of hydrogen-bond donors (Lipinski definition) is 0. The molecule has 0 bridgehead atoms. The summed E-state index contributed by atoms with van der Waals surface area (Å²) in [6.07, 6.45) is 0. The Morgan fingerprint density at radius 2 is 1.42 bits per heavy atom. The quantitative estimate of drug-likeness (QED) is 0.277. The van der Waals surface area contributed by atoms with Gasteiger partial charge in [-0.1, -0.05) is 27.5 Å². The Bertz CT molecular complexity index is 613. The largest absolute Gasteiger partial charge is 0.203 e. The second-order valence-electron chi connectivity index (χ2n) is 3.48. The van der Waals surface area contributed by atoms with Gasteiger partial charge in [0.05, 0.1) is 9.85 Å². The molecule has 0 fully saturated rings. The van der Waals surface area contributed by atoms with E-state index >= 15 is 0 Å². The van der Waals surface area contributed by atoms with Crippen LogP contribution in [0.25, 0.3) is 0 Å². The minimum Gasteiger partial charge on any atom is -0.203 e. The van der Waals surface area contributed by atoms with Crippen molar-refractivity contribution in [2.45, 2.75) is 4.83 Å². The molecule has 0 saturated carbocycles. The third-order valence-corrected chi connectivity index (χ3v) is 5.01. The van der Waals surface area contributed by atoms with Crippen LogP contribution >= 0.6 is 38.9 Å². The van der Waals surface area contributed by atoms with Gasteiger partial charge in [-0.2, -0.15) is 0 Å². The molecule has 0 saturated heterocycles. The standard InChI is InChI=1S/C11H3BrClF5S/c12-5(11-3(13)1-2-19-11)4-6(14)8(16)10(18)9(17)7(4)15/h1-2,5H. The van der Waals surface area contributed by atoms with Crippen molar-refractivity contribution in [3.63, 3.8) is 0 Å². The molecule has 0 spiro atoms. The number of rotatable bonds is 2. The lowest BCUT2D eigenvalue weighted by molar-refractivity contribution is 0.371. The Kier molecular flexibility index (Phi) is 4.17. The van der Waals surface area contributed by atoms with E-state index in [-0.39, 0.29) is 9.90 Å². The Labute approximate surface area is 121 Å². The van der Waals surface area contributed by atoms with Crippen LogP contribution in [0.4, 0.5) is 22.0 Å². The average molecular weight is 378 g/mol. The SMILES string of the molecule is Fc1c(F)c(F)c(C(Br)c2sccc2Cl)c(F)c1F. The van der Waals surface area contributed by atoms with E-state index in [1.807, 2.05) is 0 Å². The molecule has 1 aromatic heterocycles. The molecule has 2 rings (SSSR count). The highest BCUT2D eigenvalue weighted by molar-refractivity contribution is 9.09. The summed E-state index contributed by atoms with van der Waals surface area (Å²) in [4.78, 5) is -0.963. The molecular formula is C11H3BrClF5S. The smallest absolute Gasteiger partial charge is 0.200 e. The highest BCUT2D eigenvalue weighted by atomic mass is 79.9. The van der Waals surface area contributed by atoms with Crippen LogP contribution < -0.4 is 0 Å². The van der Waals surface area contributed by atoms with E-state index in [1.54, 1.807) is 0 Å². The van der Waals surface area contributed by atoms with Crippen molar-refractivity contribution >= 4 is 38.9 Å². The Morgan fingerprint density at radius 1 is 0.947 bits per heavy atom. The number of benzene rings is 1. The van der Waals surface area contributed by atoms with E-state index in [0.29, 0.717) is 0 Å². The third-order valence-electron chi connectivity index (χ3n) is 2.37. The van der Waals surface area contributed by atoms with Gasteiger partial charge in [-0.15, -0.1) is 11.3 Å². The number of halogens is 7. The molecule has 1 unspecified atom stereocenters. The van der Waals surface area contributed by atoms with Gasteiger partial charge in [-0.3, -0.25) is 0 Å². The number of thiophene rings is 1. The molecule has 19 heavy (non-hydrogen) atoms. The van der Waals surface area contributed by atoms with Crippen LogP contribution in [0.15, 0.2) is 11.4 Å². The fraction of sp³-hybridized carbons (Fsp3) is 0.0909. The molecule has 0 N–H and O–H groups in total. The molecule has 8 heteroatoms.